The highest BCUT2D eigenvalue weighted by atomic mass is 31.2. The van der Waals surface area contributed by atoms with Crippen LogP contribution in [-0.4, -0.2) is 39.3 Å². The molecular weight excluding hydrogens is 205 g/mol. The molecule has 0 saturated carbocycles. The van der Waals surface area contributed by atoms with Crippen LogP contribution in [0.4, 0.5) is 0 Å². The molecule has 0 amide bonds. The monoisotopic (exact) mass is 213 g/mol. The van der Waals surface area contributed by atoms with Crippen molar-refractivity contribution in [3.63, 3.8) is 0 Å². The third-order valence-corrected chi connectivity index (χ3v) is 1.50. The van der Waals surface area contributed by atoms with Gasteiger partial charge in [-0.05, 0) is 0 Å². The van der Waals surface area contributed by atoms with Gasteiger partial charge < -0.3 is 25.4 Å². The second kappa shape index (κ2) is 4.45. The van der Waals surface area contributed by atoms with E-state index >= 15 is 0 Å². The molecule has 0 bridgehead atoms. The molecule has 0 aromatic rings. The van der Waals surface area contributed by atoms with E-state index in [1.165, 1.54) is 0 Å². The van der Waals surface area contributed by atoms with E-state index in [-0.39, 0.29) is 6.29 Å². The fourth-order valence-electron chi connectivity index (χ4n) is 0.499. The molecule has 0 spiro atoms. The number of aldehydes is 1. The number of rotatable bonds is 5. The Morgan fingerprint density at radius 1 is 1.54 bits per heavy atom. The maximum absolute atomic E-state index is 10.3. The number of hydrogen-bond acceptors (Lipinski definition) is 5. The summed E-state index contributed by atoms with van der Waals surface area (Å²) in [6.45, 7) is 0. The van der Waals surface area contributed by atoms with Crippen molar-refractivity contribution in [3.8, 4) is 0 Å². The normalized spacial score (nSPS) is 16.2. The van der Waals surface area contributed by atoms with E-state index in [4.69, 9.17) is 20.6 Å². The zero-order chi connectivity index (χ0) is 10.6. The van der Waals surface area contributed by atoms with Crippen LogP contribution in [-0.2, 0) is 18.7 Å². The first-order chi connectivity index (χ1) is 5.78. The molecule has 8 nitrogen and oxygen atoms in total. The number of hydrogen-bond donors (Lipinski definition) is 4. The number of carbonyl (C=O) groups is 2. The van der Waals surface area contributed by atoms with Gasteiger partial charge in [-0.25, -0.2) is 9.36 Å². The molecule has 9 heteroatoms. The highest BCUT2D eigenvalue weighted by Crippen LogP contribution is 2.37. The molecule has 0 rings (SSSR count). The van der Waals surface area contributed by atoms with Gasteiger partial charge in [-0.1, -0.05) is 0 Å². The molecule has 0 aromatic carbocycles. The van der Waals surface area contributed by atoms with Crippen molar-refractivity contribution in [2.45, 2.75) is 12.1 Å². The molecule has 0 aliphatic carbocycles. The van der Waals surface area contributed by atoms with Gasteiger partial charge in [0, 0.05) is 0 Å². The lowest BCUT2D eigenvalue weighted by atomic mass is 10.2. The Balaban J connectivity index is 4.54. The summed E-state index contributed by atoms with van der Waals surface area (Å²) in [5.41, 5.74) is 4.91. The highest BCUT2D eigenvalue weighted by molar-refractivity contribution is 7.46. The Bertz CT molecular complexity index is 247. The minimum Gasteiger partial charge on any atom is -0.479 e. The molecule has 0 fully saturated rings. The minimum absolute atomic E-state index is 0.0223. The number of aliphatic carboxylic acids is 1. The molecule has 0 saturated heterocycles. The Morgan fingerprint density at radius 2 is 2.00 bits per heavy atom. The largest absolute Gasteiger partial charge is 0.479 e. The van der Waals surface area contributed by atoms with Crippen LogP contribution < -0.4 is 5.73 Å². The summed E-state index contributed by atoms with van der Waals surface area (Å²) in [6.07, 6.45) is -2.02. The lowest BCUT2D eigenvalue weighted by Crippen LogP contribution is -2.43. The van der Waals surface area contributed by atoms with Crippen molar-refractivity contribution in [2.75, 3.05) is 0 Å². The molecule has 0 aliphatic rings. The van der Waals surface area contributed by atoms with Crippen LogP contribution in [0, 0.1) is 0 Å². The number of carboxylic acids is 1. The van der Waals surface area contributed by atoms with Gasteiger partial charge in [0.2, 0.25) is 0 Å². The lowest BCUT2D eigenvalue weighted by Gasteiger charge is -2.15. The first kappa shape index (κ1) is 12.2. The zero-order valence-corrected chi connectivity index (χ0v) is 7.13. The summed E-state index contributed by atoms with van der Waals surface area (Å²) >= 11 is 0. The SMILES string of the molecule is N[C@H](C=O)C(OP(=O)(O)O)C(=O)O. The molecule has 5 N–H and O–H groups in total. The number of phosphoric ester groups is 1. The van der Waals surface area contributed by atoms with E-state index in [0.717, 1.165) is 0 Å². The van der Waals surface area contributed by atoms with E-state index in [2.05, 4.69) is 4.52 Å². The number of carboxylic acid groups (broad SMARTS) is 1. The zero-order valence-electron chi connectivity index (χ0n) is 6.23. The average Bonchev–Trinajstić information content (AvgIpc) is 1.96. The molecule has 0 aliphatic heterocycles. The smallest absolute Gasteiger partial charge is 0.470 e. The van der Waals surface area contributed by atoms with Crippen molar-refractivity contribution in [3.05, 3.63) is 0 Å². The Labute approximate surface area is 72.5 Å². The Kier molecular flexibility index (Phi) is 4.18. The van der Waals surface area contributed by atoms with Crippen LogP contribution in [0.25, 0.3) is 0 Å². The number of nitrogens with two attached hydrogens (primary N) is 1. The van der Waals surface area contributed by atoms with E-state index in [0.29, 0.717) is 0 Å². The molecule has 76 valence electrons. The predicted molar refractivity (Wildman–Crippen MR) is 38.6 cm³/mol. The summed E-state index contributed by atoms with van der Waals surface area (Å²) < 4.78 is 14.0. The maximum Gasteiger partial charge on any atom is 0.470 e. The summed E-state index contributed by atoms with van der Waals surface area (Å²) in [5, 5.41) is 8.33. The summed E-state index contributed by atoms with van der Waals surface area (Å²) in [6, 6.07) is -1.62. The second-order valence-corrected chi connectivity index (χ2v) is 3.26. The van der Waals surface area contributed by atoms with Crippen molar-refractivity contribution in [2.24, 2.45) is 5.73 Å². The fraction of sp³-hybridized carbons (Fsp3) is 0.500. The third kappa shape index (κ3) is 4.71. The number of carbonyl (C=O) groups excluding carboxylic acids is 1. The van der Waals surface area contributed by atoms with Crippen LogP contribution in [0.15, 0.2) is 0 Å². The summed E-state index contributed by atoms with van der Waals surface area (Å²) in [4.78, 5) is 36.8. The van der Waals surface area contributed by atoms with E-state index in [9.17, 15) is 14.2 Å². The molecule has 13 heavy (non-hydrogen) atoms. The average molecular weight is 213 g/mol. The first-order valence-corrected chi connectivity index (χ1v) is 4.48. The van der Waals surface area contributed by atoms with Crippen molar-refractivity contribution >= 4 is 20.1 Å². The van der Waals surface area contributed by atoms with E-state index in [1.54, 1.807) is 0 Å². The summed E-state index contributed by atoms with van der Waals surface area (Å²) in [5.74, 6) is -1.72. The predicted octanol–water partition coefficient (Wildman–Crippen LogP) is -1.92. The minimum atomic E-state index is -4.96. The number of phosphoric acid groups is 1. The van der Waals surface area contributed by atoms with Crippen molar-refractivity contribution in [1.82, 2.24) is 0 Å². The van der Waals surface area contributed by atoms with Gasteiger partial charge in [0.1, 0.15) is 6.29 Å². The lowest BCUT2D eigenvalue weighted by molar-refractivity contribution is -0.148. The van der Waals surface area contributed by atoms with Gasteiger partial charge in [0.25, 0.3) is 0 Å². The van der Waals surface area contributed by atoms with E-state index in [1.807, 2.05) is 0 Å². The highest BCUT2D eigenvalue weighted by Gasteiger charge is 2.32. The van der Waals surface area contributed by atoms with Gasteiger partial charge in [-0.15, -0.1) is 0 Å². The first-order valence-electron chi connectivity index (χ1n) is 2.95. The van der Waals surface area contributed by atoms with Crippen molar-refractivity contribution < 1.29 is 33.6 Å². The molecule has 0 radical (unpaired) electrons. The van der Waals surface area contributed by atoms with Gasteiger partial charge >= 0.3 is 13.8 Å². The second-order valence-electron chi connectivity index (χ2n) is 2.07. The summed E-state index contributed by atoms with van der Waals surface area (Å²) in [7, 11) is -4.96. The van der Waals surface area contributed by atoms with Crippen LogP contribution in [0.2, 0.25) is 0 Å². The fourth-order valence-corrected chi connectivity index (χ4v) is 1.03. The molecular formula is C4H8NO7P. The van der Waals surface area contributed by atoms with Crippen LogP contribution >= 0.6 is 7.82 Å². The van der Waals surface area contributed by atoms with Gasteiger partial charge in [0.05, 0.1) is 6.04 Å². The molecule has 2 atom stereocenters. The molecule has 0 heterocycles. The van der Waals surface area contributed by atoms with Gasteiger partial charge in [-0.3, -0.25) is 4.52 Å². The third-order valence-electron chi connectivity index (χ3n) is 1.00. The maximum atomic E-state index is 10.3. The standard InChI is InChI=1S/C4H8NO7P/c5-2(1-6)3(4(7)8)12-13(9,10)11/h1-3H,5H2,(H,7,8)(H2,9,10,11)/t2-,3?/m1/s1. The topological polar surface area (TPSA) is 147 Å². The van der Waals surface area contributed by atoms with E-state index < -0.39 is 25.9 Å². The van der Waals surface area contributed by atoms with Crippen LogP contribution in [0.1, 0.15) is 0 Å². The quantitative estimate of drug-likeness (QED) is 0.305. The molecule has 0 aromatic heterocycles. The Hall–Kier alpha value is -0.790. The van der Waals surface area contributed by atoms with Gasteiger partial charge in [0.15, 0.2) is 6.10 Å². The Morgan fingerprint density at radius 3 is 2.23 bits per heavy atom. The van der Waals surface area contributed by atoms with Crippen LogP contribution in [0.3, 0.4) is 0 Å². The van der Waals surface area contributed by atoms with Crippen LogP contribution in [0.5, 0.6) is 0 Å². The van der Waals surface area contributed by atoms with Crippen molar-refractivity contribution in [1.29, 1.82) is 0 Å². The van der Waals surface area contributed by atoms with Gasteiger partial charge in [-0.2, -0.15) is 0 Å². The molecule has 1 unspecified atom stereocenters.